The van der Waals surface area contributed by atoms with E-state index in [1.165, 1.54) is 0 Å². The molecule has 0 heterocycles. The lowest BCUT2D eigenvalue weighted by Gasteiger charge is -2.15. The quantitative estimate of drug-likeness (QED) is 0.533. The standard InChI is InChI=1S/C14H10Br2Cl2O/c1-19-9-3-5-11(13(16)7-9)14(18)10-4-2-8(17)6-12(10)15/h2-7,14H,1H3. The number of ether oxygens (including phenoxy) is 1. The van der Waals surface area contributed by atoms with Crippen LogP contribution in [0.2, 0.25) is 5.02 Å². The van der Waals surface area contributed by atoms with E-state index in [0.717, 1.165) is 25.8 Å². The number of hydrogen-bond acceptors (Lipinski definition) is 1. The summed E-state index contributed by atoms with van der Waals surface area (Å²) in [7, 11) is 1.63. The fourth-order valence-corrected chi connectivity index (χ4v) is 3.86. The average Bonchev–Trinajstić information content (AvgIpc) is 2.37. The third-order valence-electron chi connectivity index (χ3n) is 2.72. The maximum absolute atomic E-state index is 6.55. The Labute approximate surface area is 139 Å². The molecule has 1 unspecified atom stereocenters. The van der Waals surface area contributed by atoms with E-state index in [1.807, 2.05) is 36.4 Å². The second kappa shape index (κ2) is 6.49. The maximum atomic E-state index is 6.55. The summed E-state index contributed by atoms with van der Waals surface area (Å²) in [6.07, 6.45) is 0. The second-order valence-corrected chi connectivity index (χ2v) is 6.50. The molecule has 0 amide bonds. The SMILES string of the molecule is COc1ccc(C(Cl)c2ccc(Cl)cc2Br)c(Br)c1. The van der Waals surface area contributed by atoms with Crippen LogP contribution in [0, 0.1) is 0 Å². The van der Waals surface area contributed by atoms with Gasteiger partial charge in [-0.15, -0.1) is 11.6 Å². The largest absolute Gasteiger partial charge is 0.497 e. The fourth-order valence-electron chi connectivity index (χ4n) is 1.71. The highest BCUT2D eigenvalue weighted by molar-refractivity contribution is 9.10. The molecule has 0 aliphatic rings. The Balaban J connectivity index is 2.41. The van der Waals surface area contributed by atoms with Crippen molar-refractivity contribution in [2.75, 3.05) is 7.11 Å². The summed E-state index contributed by atoms with van der Waals surface area (Å²) in [6.45, 7) is 0. The summed E-state index contributed by atoms with van der Waals surface area (Å²) in [5, 5.41) is 0.403. The van der Waals surface area contributed by atoms with Crippen LogP contribution in [0.5, 0.6) is 5.75 Å². The van der Waals surface area contributed by atoms with E-state index in [1.54, 1.807) is 7.11 Å². The van der Waals surface area contributed by atoms with Gasteiger partial charge in [-0.25, -0.2) is 0 Å². The molecule has 2 aromatic carbocycles. The van der Waals surface area contributed by atoms with Crippen molar-refractivity contribution < 1.29 is 4.74 Å². The van der Waals surface area contributed by atoms with Crippen LogP contribution in [-0.2, 0) is 0 Å². The Morgan fingerprint density at radius 3 is 2.11 bits per heavy atom. The molecule has 0 radical (unpaired) electrons. The Kier molecular flexibility index (Phi) is 5.18. The van der Waals surface area contributed by atoms with Crippen LogP contribution < -0.4 is 4.74 Å². The van der Waals surface area contributed by atoms with Crippen molar-refractivity contribution in [3.05, 3.63) is 61.5 Å². The molecular weight excluding hydrogens is 415 g/mol. The molecule has 0 fully saturated rings. The van der Waals surface area contributed by atoms with Crippen LogP contribution in [0.3, 0.4) is 0 Å². The van der Waals surface area contributed by atoms with Crippen molar-refractivity contribution in [1.29, 1.82) is 0 Å². The maximum Gasteiger partial charge on any atom is 0.120 e. The predicted octanol–water partition coefficient (Wildman–Crippen LogP) is 6.20. The summed E-state index contributed by atoms with van der Waals surface area (Å²) < 4.78 is 6.98. The van der Waals surface area contributed by atoms with Gasteiger partial charge >= 0.3 is 0 Å². The molecule has 0 saturated carbocycles. The molecule has 1 atom stereocenters. The normalized spacial score (nSPS) is 12.3. The molecule has 0 aliphatic heterocycles. The highest BCUT2D eigenvalue weighted by Crippen LogP contribution is 2.39. The fraction of sp³-hybridized carbons (Fsp3) is 0.143. The van der Waals surface area contributed by atoms with Gasteiger partial charge in [-0.3, -0.25) is 0 Å². The predicted molar refractivity (Wildman–Crippen MR) is 87.5 cm³/mol. The third-order valence-corrected chi connectivity index (χ3v) is 4.80. The number of alkyl halides is 1. The van der Waals surface area contributed by atoms with Crippen molar-refractivity contribution in [2.24, 2.45) is 0 Å². The van der Waals surface area contributed by atoms with Gasteiger partial charge in [-0.2, -0.15) is 0 Å². The first kappa shape index (κ1) is 15.2. The van der Waals surface area contributed by atoms with Crippen LogP contribution in [0.25, 0.3) is 0 Å². The van der Waals surface area contributed by atoms with Gasteiger partial charge in [0.05, 0.1) is 12.5 Å². The lowest BCUT2D eigenvalue weighted by molar-refractivity contribution is 0.414. The summed E-state index contributed by atoms with van der Waals surface area (Å²) in [6, 6.07) is 11.3. The van der Waals surface area contributed by atoms with E-state index in [2.05, 4.69) is 31.9 Å². The van der Waals surface area contributed by atoms with Gasteiger partial charge in [0.2, 0.25) is 0 Å². The summed E-state index contributed by atoms with van der Waals surface area (Å²) in [5.41, 5.74) is 1.95. The Hall–Kier alpha value is -0.220. The minimum atomic E-state index is -0.271. The molecule has 0 spiro atoms. The number of rotatable bonds is 3. The Morgan fingerprint density at radius 1 is 1.00 bits per heavy atom. The summed E-state index contributed by atoms with van der Waals surface area (Å²) >= 11 is 19.5. The van der Waals surface area contributed by atoms with Crippen molar-refractivity contribution >= 4 is 55.1 Å². The Bertz CT molecular complexity index is 602. The molecule has 100 valence electrons. The van der Waals surface area contributed by atoms with Gasteiger partial charge < -0.3 is 4.74 Å². The van der Waals surface area contributed by atoms with Crippen LogP contribution in [0.1, 0.15) is 16.5 Å². The van der Waals surface area contributed by atoms with E-state index in [0.29, 0.717) is 5.02 Å². The number of methoxy groups -OCH3 is 1. The van der Waals surface area contributed by atoms with Crippen LogP contribution >= 0.6 is 55.1 Å². The molecule has 0 saturated heterocycles. The topological polar surface area (TPSA) is 9.23 Å². The van der Waals surface area contributed by atoms with Crippen LogP contribution in [-0.4, -0.2) is 7.11 Å². The molecule has 0 bridgehead atoms. The van der Waals surface area contributed by atoms with Gasteiger partial charge in [0.15, 0.2) is 0 Å². The van der Waals surface area contributed by atoms with E-state index in [-0.39, 0.29) is 5.38 Å². The molecule has 1 nitrogen and oxygen atoms in total. The molecule has 0 aliphatic carbocycles. The highest BCUT2D eigenvalue weighted by atomic mass is 79.9. The third kappa shape index (κ3) is 3.46. The van der Waals surface area contributed by atoms with Crippen molar-refractivity contribution in [2.45, 2.75) is 5.38 Å². The first-order valence-corrected chi connectivity index (χ1v) is 7.85. The van der Waals surface area contributed by atoms with Crippen LogP contribution in [0.4, 0.5) is 0 Å². The molecule has 0 N–H and O–H groups in total. The zero-order valence-electron chi connectivity index (χ0n) is 9.96. The zero-order valence-corrected chi connectivity index (χ0v) is 14.6. The molecule has 2 rings (SSSR count). The van der Waals surface area contributed by atoms with Crippen molar-refractivity contribution in [3.8, 4) is 5.75 Å². The van der Waals surface area contributed by atoms with Gasteiger partial charge in [0, 0.05) is 14.0 Å². The van der Waals surface area contributed by atoms with Gasteiger partial charge in [0.25, 0.3) is 0 Å². The van der Waals surface area contributed by atoms with Crippen molar-refractivity contribution in [1.82, 2.24) is 0 Å². The molecule has 0 aromatic heterocycles. The first-order valence-electron chi connectivity index (χ1n) is 5.45. The van der Waals surface area contributed by atoms with E-state index < -0.39 is 0 Å². The zero-order chi connectivity index (χ0) is 14.0. The Morgan fingerprint density at radius 2 is 1.58 bits per heavy atom. The van der Waals surface area contributed by atoms with Gasteiger partial charge in [0.1, 0.15) is 5.75 Å². The monoisotopic (exact) mass is 422 g/mol. The molecule has 5 heteroatoms. The van der Waals surface area contributed by atoms with Crippen LogP contribution in [0.15, 0.2) is 45.3 Å². The first-order chi connectivity index (χ1) is 9.02. The second-order valence-electron chi connectivity index (χ2n) is 3.92. The minimum absolute atomic E-state index is 0.271. The number of benzene rings is 2. The average molecular weight is 425 g/mol. The molecule has 19 heavy (non-hydrogen) atoms. The lowest BCUT2D eigenvalue weighted by Crippen LogP contribution is -1.96. The van der Waals surface area contributed by atoms with Gasteiger partial charge in [-0.1, -0.05) is 55.6 Å². The number of hydrogen-bond donors (Lipinski definition) is 0. The number of halogens is 4. The smallest absolute Gasteiger partial charge is 0.120 e. The van der Waals surface area contributed by atoms with E-state index in [9.17, 15) is 0 Å². The van der Waals surface area contributed by atoms with Crippen molar-refractivity contribution in [3.63, 3.8) is 0 Å². The van der Waals surface area contributed by atoms with E-state index >= 15 is 0 Å². The summed E-state index contributed by atoms with van der Waals surface area (Å²) in [5.74, 6) is 0.787. The highest BCUT2D eigenvalue weighted by Gasteiger charge is 2.17. The minimum Gasteiger partial charge on any atom is -0.497 e. The van der Waals surface area contributed by atoms with E-state index in [4.69, 9.17) is 27.9 Å². The molecule has 2 aromatic rings. The van der Waals surface area contributed by atoms with Gasteiger partial charge in [-0.05, 0) is 35.4 Å². The summed E-state index contributed by atoms with van der Waals surface area (Å²) in [4.78, 5) is 0. The molecular formula is C14H10Br2Cl2O. The lowest BCUT2D eigenvalue weighted by atomic mass is 10.0.